The molecular formula is C59H82N4O16. The van der Waals surface area contributed by atoms with E-state index in [1.165, 1.54) is 51.2 Å². The van der Waals surface area contributed by atoms with Crippen LogP contribution in [0, 0.1) is 0 Å². The molecule has 20 heteroatoms. The number of cyclic esters (lactones) is 2. The first-order chi connectivity index (χ1) is 38.3. The summed E-state index contributed by atoms with van der Waals surface area (Å²) in [5.41, 5.74) is 1.96. The second-order valence-corrected chi connectivity index (χ2v) is 21.1. The molecule has 4 aliphatic rings. The van der Waals surface area contributed by atoms with E-state index in [0.29, 0.717) is 45.3 Å². The number of esters is 3. The molecule has 4 fully saturated rings. The van der Waals surface area contributed by atoms with Gasteiger partial charge in [0.2, 0.25) is 6.79 Å². The van der Waals surface area contributed by atoms with E-state index in [4.69, 9.17) is 47.4 Å². The minimum absolute atomic E-state index is 0.0376. The maximum atomic E-state index is 13.9. The molecule has 2 saturated carbocycles. The molecule has 2 saturated heterocycles. The van der Waals surface area contributed by atoms with Crippen molar-refractivity contribution >= 4 is 29.7 Å². The lowest BCUT2D eigenvalue weighted by Crippen LogP contribution is -2.46. The van der Waals surface area contributed by atoms with Gasteiger partial charge in [0.15, 0.2) is 34.4 Å². The third-order valence-electron chi connectivity index (χ3n) is 15.3. The molecule has 7 rings (SSSR count). The Bertz CT molecular complexity index is 2470. The lowest BCUT2D eigenvalue weighted by molar-refractivity contribution is -0.173. The lowest BCUT2D eigenvalue weighted by Gasteiger charge is -2.34. The topological polar surface area (TPSA) is 248 Å². The van der Waals surface area contributed by atoms with Crippen molar-refractivity contribution < 1.29 is 76.4 Å². The maximum absolute atomic E-state index is 13.9. The molecule has 10 atom stereocenters. The third-order valence-corrected chi connectivity index (χ3v) is 15.3. The molecule has 4 heterocycles. The Labute approximate surface area is 463 Å². The van der Waals surface area contributed by atoms with E-state index in [1.807, 2.05) is 13.8 Å². The SMILES string of the molecule is CCCCCOC1C(C)OC(=O)C(NC(=O)c2nccc(OC)c2O)CCCC1OC1CCCC1c1cccc(CCCOC2C(C)OC(=O)C(NC(=O)c3nccc(OC)c3OCOC(C)=O)CCCC2OC2CCCC2)c1. The third kappa shape index (κ3) is 17.0. The number of carbonyl (C=O) groups excluding carboxylic acids is 5. The zero-order valence-corrected chi connectivity index (χ0v) is 46.8. The van der Waals surface area contributed by atoms with Gasteiger partial charge in [0.05, 0.1) is 38.6 Å². The number of nitrogens with zero attached hydrogens (tertiary/aromatic N) is 2. The number of carbonyl (C=O) groups is 5. The van der Waals surface area contributed by atoms with Crippen LogP contribution < -0.4 is 24.8 Å². The Balaban J connectivity index is 0.979. The number of aromatic nitrogens is 2. The summed E-state index contributed by atoms with van der Waals surface area (Å²) in [6, 6.07) is 9.62. The fourth-order valence-corrected chi connectivity index (χ4v) is 11.2. The molecule has 3 N–H and O–H groups in total. The van der Waals surface area contributed by atoms with Crippen molar-refractivity contribution in [2.45, 2.75) is 210 Å². The van der Waals surface area contributed by atoms with Crippen molar-refractivity contribution in [3.63, 3.8) is 0 Å². The highest BCUT2D eigenvalue weighted by Crippen LogP contribution is 2.40. The molecule has 0 radical (unpaired) electrons. The predicted molar refractivity (Wildman–Crippen MR) is 288 cm³/mol. The Morgan fingerprint density at radius 2 is 1.27 bits per heavy atom. The van der Waals surface area contributed by atoms with E-state index in [1.54, 1.807) is 0 Å². The van der Waals surface area contributed by atoms with Crippen molar-refractivity contribution in [3.8, 4) is 23.0 Å². The average Bonchev–Trinajstić information content (AvgIpc) is 4.18. The van der Waals surface area contributed by atoms with Crippen LogP contribution in [0.5, 0.6) is 23.0 Å². The van der Waals surface area contributed by atoms with Gasteiger partial charge < -0.3 is 63.1 Å². The molecule has 0 bridgehead atoms. The zero-order valence-electron chi connectivity index (χ0n) is 46.8. The number of methoxy groups -OCH3 is 2. The minimum atomic E-state index is -1.00. The Kier molecular flexibility index (Phi) is 23.4. The largest absolute Gasteiger partial charge is 0.503 e. The van der Waals surface area contributed by atoms with E-state index in [9.17, 15) is 29.1 Å². The van der Waals surface area contributed by atoms with Gasteiger partial charge in [-0.3, -0.25) is 14.4 Å². The molecule has 434 valence electrons. The standard InChI is InChI=1S/C59H82N4O16/c1-7-8-11-32-72-54-37(3)77-58(68)43(62-56(66)50-52(65)46(70-5)28-30-60-50)24-15-27-49(54)79-45-25-13-22-42(45)40-19-12-17-39(34-40)18-16-33-73-53-36(2)76-59(69)44(23-14-26-48(53)78-41-20-9-10-21-41)63-57(67)51-55(75-35-74-38(4)64)47(71-6)29-31-61-51/h12,17,19,28-31,34,36-37,41-45,48-49,53-54,65H,7-11,13-16,18,20-27,32-33,35H2,1-6H3,(H,62,66)(H,63,67). The van der Waals surface area contributed by atoms with E-state index in [2.05, 4.69) is 51.8 Å². The number of ether oxygens (including phenoxy) is 10. The number of hydrogen-bond acceptors (Lipinski definition) is 18. The van der Waals surface area contributed by atoms with Gasteiger partial charge in [-0.1, -0.05) is 63.3 Å². The van der Waals surface area contributed by atoms with Crippen LogP contribution in [-0.2, 0) is 54.0 Å². The number of benzene rings is 1. The van der Waals surface area contributed by atoms with Crippen LogP contribution in [0.25, 0.3) is 0 Å². The van der Waals surface area contributed by atoms with Crippen LogP contribution in [-0.4, -0.2) is 140 Å². The molecule has 2 aromatic heterocycles. The highest BCUT2D eigenvalue weighted by Gasteiger charge is 2.41. The van der Waals surface area contributed by atoms with Crippen LogP contribution in [0.4, 0.5) is 0 Å². The van der Waals surface area contributed by atoms with Gasteiger partial charge in [0.25, 0.3) is 11.8 Å². The number of aromatic hydroxyl groups is 1. The molecule has 2 aliphatic carbocycles. The number of aryl methyl sites for hydroxylation is 1. The molecule has 3 aromatic rings. The van der Waals surface area contributed by atoms with Crippen LogP contribution >= 0.6 is 0 Å². The van der Waals surface area contributed by atoms with E-state index < -0.39 is 78.8 Å². The van der Waals surface area contributed by atoms with Crippen LogP contribution in [0.2, 0.25) is 0 Å². The summed E-state index contributed by atoms with van der Waals surface area (Å²) in [6.45, 7) is 7.41. The van der Waals surface area contributed by atoms with Crippen molar-refractivity contribution in [1.82, 2.24) is 20.6 Å². The molecule has 1 aromatic carbocycles. The molecular weight excluding hydrogens is 1020 g/mol. The van der Waals surface area contributed by atoms with E-state index in [-0.39, 0.29) is 71.8 Å². The summed E-state index contributed by atoms with van der Waals surface area (Å²) < 4.78 is 60.3. The first-order valence-corrected chi connectivity index (χ1v) is 28.4. The quantitative estimate of drug-likeness (QED) is 0.0331. The summed E-state index contributed by atoms with van der Waals surface area (Å²) >= 11 is 0. The van der Waals surface area contributed by atoms with Gasteiger partial charge in [-0.15, -0.1) is 0 Å². The van der Waals surface area contributed by atoms with Gasteiger partial charge in [0, 0.05) is 50.6 Å². The zero-order chi connectivity index (χ0) is 56.3. The fraction of sp³-hybridized carbons (Fsp3) is 0.644. The summed E-state index contributed by atoms with van der Waals surface area (Å²) in [6.07, 6.45) is 13.5. The number of nitrogens with one attached hydrogen (secondary N) is 2. The van der Waals surface area contributed by atoms with Crippen LogP contribution in [0.3, 0.4) is 0 Å². The first kappa shape index (κ1) is 60.5. The first-order valence-electron chi connectivity index (χ1n) is 28.4. The van der Waals surface area contributed by atoms with Gasteiger partial charge in [0.1, 0.15) is 36.5 Å². The lowest BCUT2D eigenvalue weighted by atomic mass is 9.92. The molecule has 2 aliphatic heterocycles. The number of rotatable bonds is 24. The Morgan fingerprint density at radius 1 is 0.684 bits per heavy atom. The smallest absolute Gasteiger partial charge is 0.329 e. The van der Waals surface area contributed by atoms with Crippen molar-refractivity contribution in [3.05, 3.63) is 71.3 Å². The van der Waals surface area contributed by atoms with Gasteiger partial charge in [-0.25, -0.2) is 19.6 Å². The van der Waals surface area contributed by atoms with Gasteiger partial charge >= 0.3 is 17.9 Å². The predicted octanol–water partition coefficient (Wildman–Crippen LogP) is 8.17. The highest BCUT2D eigenvalue weighted by molar-refractivity contribution is 5.98. The number of amides is 2. The molecule has 0 spiro atoms. The second-order valence-electron chi connectivity index (χ2n) is 21.1. The summed E-state index contributed by atoms with van der Waals surface area (Å²) in [4.78, 5) is 74.3. The minimum Gasteiger partial charge on any atom is -0.503 e. The molecule has 2 amide bonds. The van der Waals surface area contributed by atoms with E-state index >= 15 is 0 Å². The summed E-state index contributed by atoms with van der Waals surface area (Å²) in [5.74, 6) is -3.21. The highest BCUT2D eigenvalue weighted by atomic mass is 16.7. The average molecular weight is 1100 g/mol. The Hall–Kier alpha value is -6.09. The Morgan fingerprint density at radius 3 is 1.90 bits per heavy atom. The van der Waals surface area contributed by atoms with Crippen LogP contribution in [0.1, 0.15) is 175 Å². The summed E-state index contributed by atoms with van der Waals surface area (Å²) in [5, 5.41) is 16.1. The summed E-state index contributed by atoms with van der Waals surface area (Å²) in [7, 11) is 2.78. The fourth-order valence-electron chi connectivity index (χ4n) is 11.2. The normalized spacial score (nSPS) is 25.9. The van der Waals surface area contributed by atoms with Crippen LogP contribution in [0.15, 0.2) is 48.8 Å². The van der Waals surface area contributed by atoms with Gasteiger partial charge in [-0.2, -0.15) is 0 Å². The molecule has 79 heavy (non-hydrogen) atoms. The second kappa shape index (κ2) is 30.5. The van der Waals surface area contributed by atoms with E-state index in [0.717, 1.165) is 76.2 Å². The maximum Gasteiger partial charge on any atom is 0.329 e. The number of unbranched alkanes of at least 4 members (excludes halogenated alkanes) is 2. The molecule has 20 nitrogen and oxygen atoms in total. The number of hydrogen-bond donors (Lipinski definition) is 3. The van der Waals surface area contributed by atoms with Crippen molar-refractivity contribution in [2.75, 3.05) is 34.2 Å². The van der Waals surface area contributed by atoms with Gasteiger partial charge in [-0.05, 0) is 108 Å². The van der Waals surface area contributed by atoms with Crippen molar-refractivity contribution in [1.29, 1.82) is 0 Å². The van der Waals surface area contributed by atoms with Crippen molar-refractivity contribution in [2.24, 2.45) is 0 Å². The monoisotopic (exact) mass is 1100 g/mol. The molecule has 10 unspecified atom stereocenters. The number of pyridine rings is 2.